The molecule has 0 spiro atoms. The minimum Gasteiger partial charge on any atom is -0.497 e. The summed E-state index contributed by atoms with van der Waals surface area (Å²) in [6, 6.07) is 7.59. The van der Waals surface area contributed by atoms with Gasteiger partial charge in [-0.1, -0.05) is 12.1 Å². The second-order valence-corrected chi connectivity index (χ2v) is 7.32. The van der Waals surface area contributed by atoms with E-state index in [2.05, 4.69) is 10.5 Å². The average Bonchev–Trinajstić information content (AvgIpc) is 2.99. The molecule has 2 aromatic rings. The zero-order valence-corrected chi connectivity index (χ0v) is 15.2. The second-order valence-electron chi connectivity index (χ2n) is 5.39. The van der Waals surface area contributed by atoms with Crippen LogP contribution >= 0.6 is 0 Å². The summed E-state index contributed by atoms with van der Waals surface area (Å²) in [6.07, 6.45) is 0.575. The molecule has 0 atom stereocenters. The molecular weight excluding hydrogens is 346 g/mol. The number of methoxy groups -OCH3 is 1. The zero-order chi connectivity index (χ0) is 18.4. The van der Waals surface area contributed by atoms with Gasteiger partial charge >= 0.3 is 0 Å². The topological polar surface area (TPSA) is 102 Å². The van der Waals surface area contributed by atoms with E-state index < -0.39 is 15.9 Å². The summed E-state index contributed by atoms with van der Waals surface area (Å²) in [5, 5.41) is 6.18. The van der Waals surface area contributed by atoms with Gasteiger partial charge in [-0.15, -0.1) is 0 Å². The number of carbonyl (C=O) groups is 1. The van der Waals surface area contributed by atoms with E-state index >= 15 is 0 Å². The van der Waals surface area contributed by atoms with Gasteiger partial charge in [0.1, 0.15) is 11.5 Å². The van der Waals surface area contributed by atoms with Crippen LogP contribution in [0.25, 0.3) is 0 Å². The molecule has 0 saturated heterocycles. The Morgan fingerprint density at radius 2 is 2.00 bits per heavy atom. The molecule has 1 N–H and O–H groups in total. The summed E-state index contributed by atoms with van der Waals surface area (Å²) in [6.45, 7) is 3.45. The lowest BCUT2D eigenvalue weighted by atomic mass is 10.3. The van der Waals surface area contributed by atoms with Gasteiger partial charge in [-0.05, 0) is 37.6 Å². The molecular formula is C16H21N3O5S. The van der Waals surface area contributed by atoms with Crippen LogP contribution in [0.5, 0.6) is 5.75 Å². The first-order valence-corrected chi connectivity index (χ1v) is 9.18. The van der Waals surface area contributed by atoms with Gasteiger partial charge in [0, 0.05) is 12.6 Å². The Morgan fingerprint density at radius 3 is 2.52 bits per heavy atom. The Hall–Kier alpha value is -2.39. The molecule has 136 valence electrons. The molecule has 2 rings (SSSR count). The smallest absolute Gasteiger partial charge is 0.243 e. The molecule has 8 nitrogen and oxygen atoms in total. The van der Waals surface area contributed by atoms with Gasteiger partial charge in [0.15, 0.2) is 5.82 Å². The van der Waals surface area contributed by atoms with E-state index in [0.29, 0.717) is 17.9 Å². The Labute approximate surface area is 146 Å². The maximum absolute atomic E-state index is 12.8. The molecule has 0 unspecified atom stereocenters. The highest BCUT2D eigenvalue weighted by molar-refractivity contribution is 7.89. The van der Waals surface area contributed by atoms with Gasteiger partial charge in [0.2, 0.25) is 15.9 Å². The number of hydrogen-bond donors (Lipinski definition) is 1. The molecule has 0 aliphatic carbocycles. The largest absolute Gasteiger partial charge is 0.497 e. The predicted molar refractivity (Wildman–Crippen MR) is 91.9 cm³/mol. The number of nitrogens with one attached hydrogen (secondary N) is 1. The Kier molecular flexibility index (Phi) is 6.16. The number of aryl methyl sites for hydroxylation is 1. The van der Waals surface area contributed by atoms with Crippen molar-refractivity contribution in [2.75, 3.05) is 25.5 Å². The number of amides is 1. The van der Waals surface area contributed by atoms with Crippen LogP contribution in [0, 0.1) is 6.92 Å². The molecule has 1 amide bonds. The van der Waals surface area contributed by atoms with E-state index in [1.54, 1.807) is 25.1 Å². The van der Waals surface area contributed by atoms with Crippen LogP contribution in [0.2, 0.25) is 0 Å². The number of ether oxygens (including phenoxy) is 1. The van der Waals surface area contributed by atoms with Gasteiger partial charge in [0.25, 0.3) is 0 Å². The molecule has 0 saturated carbocycles. The SMILES string of the molecule is CCCN(CC(=O)Nc1cc(C)on1)S(=O)(=O)c1ccc(OC)cc1. The van der Waals surface area contributed by atoms with Crippen molar-refractivity contribution in [2.45, 2.75) is 25.2 Å². The maximum Gasteiger partial charge on any atom is 0.243 e. The fourth-order valence-electron chi connectivity index (χ4n) is 2.20. The van der Waals surface area contributed by atoms with Gasteiger partial charge < -0.3 is 14.6 Å². The van der Waals surface area contributed by atoms with Crippen molar-refractivity contribution in [3.05, 3.63) is 36.1 Å². The third-order valence-electron chi connectivity index (χ3n) is 3.39. The van der Waals surface area contributed by atoms with Gasteiger partial charge in [0.05, 0.1) is 18.6 Å². The summed E-state index contributed by atoms with van der Waals surface area (Å²) in [5.41, 5.74) is 0. The van der Waals surface area contributed by atoms with E-state index in [1.807, 2.05) is 6.92 Å². The second kappa shape index (κ2) is 8.13. The lowest BCUT2D eigenvalue weighted by molar-refractivity contribution is -0.116. The third kappa shape index (κ3) is 4.80. The van der Waals surface area contributed by atoms with Crippen molar-refractivity contribution in [2.24, 2.45) is 0 Å². The Balaban J connectivity index is 2.15. The predicted octanol–water partition coefficient (Wildman–Crippen LogP) is 2.03. The third-order valence-corrected chi connectivity index (χ3v) is 5.25. The highest BCUT2D eigenvalue weighted by Gasteiger charge is 2.26. The number of nitrogens with zero attached hydrogens (tertiary/aromatic N) is 2. The van der Waals surface area contributed by atoms with Crippen LogP contribution in [0.4, 0.5) is 5.82 Å². The monoisotopic (exact) mass is 367 g/mol. The van der Waals surface area contributed by atoms with Crippen LogP contribution in [0.15, 0.2) is 39.8 Å². The van der Waals surface area contributed by atoms with Crippen molar-refractivity contribution in [3.63, 3.8) is 0 Å². The van der Waals surface area contributed by atoms with Crippen molar-refractivity contribution in [1.29, 1.82) is 0 Å². The lowest BCUT2D eigenvalue weighted by Crippen LogP contribution is -2.38. The summed E-state index contributed by atoms with van der Waals surface area (Å²) in [4.78, 5) is 12.3. The minimum atomic E-state index is -3.80. The summed E-state index contributed by atoms with van der Waals surface area (Å²) in [5.74, 6) is 0.867. The standard InChI is InChI=1S/C16H21N3O5S/c1-4-9-19(11-16(20)17-15-10-12(2)24-18-15)25(21,22)14-7-5-13(23-3)6-8-14/h5-8,10H,4,9,11H2,1-3H3,(H,17,18,20). The highest BCUT2D eigenvalue weighted by Crippen LogP contribution is 2.20. The molecule has 9 heteroatoms. The number of hydrogen-bond acceptors (Lipinski definition) is 6. The summed E-state index contributed by atoms with van der Waals surface area (Å²) < 4.78 is 36.6. The van der Waals surface area contributed by atoms with Crippen LogP contribution in [0.1, 0.15) is 19.1 Å². The molecule has 1 aromatic carbocycles. The molecule has 1 aromatic heterocycles. The van der Waals surface area contributed by atoms with Gasteiger partial charge in [-0.25, -0.2) is 8.42 Å². The fourth-order valence-corrected chi connectivity index (χ4v) is 3.69. The Morgan fingerprint density at radius 1 is 1.32 bits per heavy atom. The minimum absolute atomic E-state index is 0.104. The van der Waals surface area contributed by atoms with E-state index in [-0.39, 0.29) is 23.8 Å². The van der Waals surface area contributed by atoms with Crippen molar-refractivity contribution >= 4 is 21.7 Å². The molecule has 25 heavy (non-hydrogen) atoms. The summed E-state index contributed by atoms with van der Waals surface area (Å²) in [7, 11) is -2.29. The molecule has 0 bridgehead atoms. The number of aromatic nitrogens is 1. The van der Waals surface area contributed by atoms with Crippen molar-refractivity contribution in [1.82, 2.24) is 9.46 Å². The Bertz CT molecular complexity index is 815. The quantitative estimate of drug-likeness (QED) is 0.766. The van der Waals surface area contributed by atoms with E-state index in [4.69, 9.17) is 9.26 Å². The lowest BCUT2D eigenvalue weighted by Gasteiger charge is -2.21. The van der Waals surface area contributed by atoms with E-state index in [0.717, 1.165) is 4.31 Å². The maximum atomic E-state index is 12.8. The summed E-state index contributed by atoms with van der Waals surface area (Å²) >= 11 is 0. The normalized spacial score (nSPS) is 11.5. The van der Waals surface area contributed by atoms with Gasteiger partial charge in [-0.3, -0.25) is 4.79 Å². The number of benzene rings is 1. The van der Waals surface area contributed by atoms with Crippen LogP contribution < -0.4 is 10.1 Å². The fraction of sp³-hybridized carbons (Fsp3) is 0.375. The number of rotatable bonds is 8. The molecule has 1 heterocycles. The number of sulfonamides is 1. The van der Waals surface area contributed by atoms with E-state index in [1.165, 1.54) is 19.2 Å². The number of carbonyl (C=O) groups excluding carboxylic acids is 1. The highest BCUT2D eigenvalue weighted by atomic mass is 32.2. The van der Waals surface area contributed by atoms with Crippen molar-refractivity contribution < 1.29 is 22.5 Å². The van der Waals surface area contributed by atoms with Gasteiger partial charge in [-0.2, -0.15) is 4.31 Å². The van der Waals surface area contributed by atoms with Crippen molar-refractivity contribution in [3.8, 4) is 5.75 Å². The first kappa shape index (κ1) is 18.9. The molecule has 0 aliphatic heterocycles. The molecule has 0 aliphatic rings. The molecule has 0 radical (unpaired) electrons. The first-order valence-electron chi connectivity index (χ1n) is 7.74. The average molecular weight is 367 g/mol. The van der Waals surface area contributed by atoms with E-state index in [9.17, 15) is 13.2 Å². The van der Waals surface area contributed by atoms with Crippen LogP contribution in [0.3, 0.4) is 0 Å². The van der Waals surface area contributed by atoms with Crippen LogP contribution in [-0.2, 0) is 14.8 Å². The zero-order valence-electron chi connectivity index (χ0n) is 14.4. The number of anilines is 1. The molecule has 0 fully saturated rings. The van der Waals surface area contributed by atoms with Crippen LogP contribution in [-0.4, -0.2) is 44.0 Å². The first-order chi connectivity index (χ1) is 11.9.